The van der Waals surface area contributed by atoms with E-state index in [1.165, 1.54) is 6.07 Å². The van der Waals surface area contributed by atoms with Gasteiger partial charge in [-0.2, -0.15) is 0 Å². The highest BCUT2D eigenvalue weighted by Gasteiger charge is 2.09. The van der Waals surface area contributed by atoms with Gasteiger partial charge in [0, 0.05) is 31.5 Å². The Balaban J connectivity index is 2.16. The summed E-state index contributed by atoms with van der Waals surface area (Å²) >= 11 is 0. The van der Waals surface area contributed by atoms with Gasteiger partial charge >= 0.3 is 0 Å². The standard InChI is InChI=1S/C16H18N2O3/c1-12-7-8-15(18(19)20)9-16(12)17-10-13-5-3-4-6-14(13)11-21-2/h3-9,17H,10-11H2,1-2H3. The zero-order valence-corrected chi connectivity index (χ0v) is 12.1. The summed E-state index contributed by atoms with van der Waals surface area (Å²) in [6, 6.07) is 12.8. The number of nitrogens with one attached hydrogen (secondary N) is 1. The van der Waals surface area contributed by atoms with Crippen LogP contribution in [0.4, 0.5) is 11.4 Å². The second kappa shape index (κ2) is 6.85. The molecule has 2 aromatic carbocycles. The van der Waals surface area contributed by atoms with Crippen molar-refractivity contribution in [2.24, 2.45) is 0 Å². The minimum Gasteiger partial charge on any atom is -0.381 e. The van der Waals surface area contributed by atoms with E-state index in [2.05, 4.69) is 5.32 Å². The van der Waals surface area contributed by atoms with Gasteiger partial charge in [0.05, 0.1) is 11.5 Å². The number of non-ortho nitro benzene ring substituents is 1. The van der Waals surface area contributed by atoms with Crippen molar-refractivity contribution in [1.82, 2.24) is 0 Å². The molecule has 0 aliphatic carbocycles. The zero-order chi connectivity index (χ0) is 15.2. The van der Waals surface area contributed by atoms with Crippen molar-refractivity contribution in [2.75, 3.05) is 12.4 Å². The molecule has 2 aromatic rings. The molecule has 0 aliphatic heterocycles. The fourth-order valence-corrected chi connectivity index (χ4v) is 2.13. The normalized spacial score (nSPS) is 10.4. The molecular formula is C16H18N2O3. The Labute approximate surface area is 123 Å². The molecule has 0 spiro atoms. The minimum atomic E-state index is -0.385. The first-order valence-electron chi connectivity index (χ1n) is 6.66. The summed E-state index contributed by atoms with van der Waals surface area (Å²) in [6.07, 6.45) is 0. The van der Waals surface area contributed by atoms with Gasteiger partial charge in [0.2, 0.25) is 0 Å². The highest BCUT2D eigenvalue weighted by Crippen LogP contribution is 2.23. The van der Waals surface area contributed by atoms with Crippen LogP contribution in [0.25, 0.3) is 0 Å². The van der Waals surface area contributed by atoms with Crippen LogP contribution in [-0.2, 0) is 17.9 Å². The molecule has 0 aromatic heterocycles. The number of hydrogen-bond acceptors (Lipinski definition) is 4. The molecule has 0 saturated heterocycles. The molecule has 5 nitrogen and oxygen atoms in total. The second-order valence-corrected chi connectivity index (χ2v) is 4.81. The van der Waals surface area contributed by atoms with Gasteiger partial charge in [-0.1, -0.05) is 30.3 Å². The molecule has 0 radical (unpaired) electrons. The average molecular weight is 286 g/mol. The van der Waals surface area contributed by atoms with Crippen LogP contribution in [0.1, 0.15) is 16.7 Å². The third-order valence-corrected chi connectivity index (χ3v) is 3.32. The van der Waals surface area contributed by atoms with E-state index in [-0.39, 0.29) is 10.6 Å². The highest BCUT2D eigenvalue weighted by molar-refractivity contribution is 5.57. The van der Waals surface area contributed by atoms with Gasteiger partial charge in [0.15, 0.2) is 0 Å². The number of nitrogens with zero attached hydrogens (tertiary/aromatic N) is 1. The van der Waals surface area contributed by atoms with E-state index in [1.54, 1.807) is 19.2 Å². The highest BCUT2D eigenvalue weighted by atomic mass is 16.6. The largest absolute Gasteiger partial charge is 0.381 e. The third kappa shape index (κ3) is 3.79. The van der Waals surface area contributed by atoms with Crippen LogP contribution in [0.15, 0.2) is 42.5 Å². The maximum atomic E-state index is 10.8. The number of nitro groups is 1. The van der Waals surface area contributed by atoms with Gasteiger partial charge in [-0.25, -0.2) is 0 Å². The number of methoxy groups -OCH3 is 1. The smallest absolute Gasteiger partial charge is 0.271 e. The molecule has 110 valence electrons. The van der Waals surface area contributed by atoms with Crippen molar-refractivity contribution in [2.45, 2.75) is 20.1 Å². The molecule has 0 heterocycles. The number of benzene rings is 2. The van der Waals surface area contributed by atoms with Crippen LogP contribution in [0.2, 0.25) is 0 Å². The van der Waals surface area contributed by atoms with Gasteiger partial charge in [0.1, 0.15) is 0 Å². The molecule has 0 aliphatic rings. The summed E-state index contributed by atoms with van der Waals surface area (Å²) in [7, 11) is 1.66. The van der Waals surface area contributed by atoms with Crippen molar-refractivity contribution >= 4 is 11.4 Å². The Morgan fingerprint density at radius 2 is 1.90 bits per heavy atom. The van der Waals surface area contributed by atoms with Crippen LogP contribution in [0, 0.1) is 17.0 Å². The first-order chi connectivity index (χ1) is 10.1. The monoisotopic (exact) mass is 286 g/mol. The van der Waals surface area contributed by atoms with Gasteiger partial charge < -0.3 is 10.1 Å². The van der Waals surface area contributed by atoms with Gasteiger partial charge in [0.25, 0.3) is 5.69 Å². The quantitative estimate of drug-likeness (QED) is 0.650. The summed E-state index contributed by atoms with van der Waals surface area (Å²) in [4.78, 5) is 10.5. The number of ether oxygens (including phenoxy) is 1. The van der Waals surface area contributed by atoms with Crippen molar-refractivity contribution in [1.29, 1.82) is 0 Å². The summed E-state index contributed by atoms with van der Waals surface area (Å²) in [6.45, 7) is 3.07. The van der Waals surface area contributed by atoms with Gasteiger partial charge in [-0.3, -0.25) is 10.1 Å². The van der Waals surface area contributed by atoms with E-state index in [0.29, 0.717) is 13.2 Å². The lowest BCUT2D eigenvalue weighted by Crippen LogP contribution is -2.05. The van der Waals surface area contributed by atoms with E-state index in [4.69, 9.17) is 4.74 Å². The Morgan fingerprint density at radius 3 is 2.57 bits per heavy atom. The number of aryl methyl sites for hydroxylation is 1. The molecule has 21 heavy (non-hydrogen) atoms. The van der Waals surface area contributed by atoms with Crippen molar-refractivity contribution < 1.29 is 9.66 Å². The van der Waals surface area contributed by atoms with Gasteiger partial charge in [-0.15, -0.1) is 0 Å². The van der Waals surface area contributed by atoms with Crippen LogP contribution in [-0.4, -0.2) is 12.0 Å². The Hall–Kier alpha value is -2.40. The topological polar surface area (TPSA) is 64.4 Å². The summed E-state index contributed by atoms with van der Waals surface area (Å²) in [5.74, 6) is 0. The SMILES string of the molecule is COCc1ccccc1CNc1cc([N+](=O)[O-])ccc1C. The predicted molar refractivity (Wildman–Crippen MR) is 82.3 cm³/mol. The molecule has 0 atom stereocenters. The fourth-order valence-electron chi connectivity index (χ4n) is 2.13. The number of rotatable bonds is 6. The first-order valence-corrected chi connectivity index (χ1v) is 6.66. The molecule has 0 saturated carbocycles. The van der Waals surface area contributed by atoms with Gasteiger partial charge in [-0.05, 0) is 23.6 Å². The lowest BCUT2D eigenvalue weighted by molar-refractivity contribution is -0.384. The van der Waals surface area contributed by atoms with E-state index in [1.807, 2.05) is 31.2 Å². The molecule has 0 unspecified atom stereocenters. The third-order valence-electron chi connectivity index (χ3n) is 3.32. The Morgan fingerprint density at radius 1 is 1.19 bits per heavy atom. The lowest BCUT2D eigenvalue weighted by Gasteiger charge is -2.12. The summed E-state index contributed by atoms with van der Waals surface area (Å²) < 4.78 is 5.18. The maximum absolute atomic E-state index is 10.8. The second-order valence-electron chi connectivity index (χ2n) is 4.81. The average Bonchev–Trinajstić information content (AvgIpc) is 2.48. The minimum absolute atomic E-state index is 0.0910. The van der Waals surface area contributed by atoms with E-state index >= 15 is 0 Å². The lowest BCUT2D eigenvalue weighted by atomic mass is 10.1. The van der Waals surface area contributed by atoms with E-state index in [9.17, 15) is 10.1 Å². The molecule has 2 rings (SSSR count). The zero-order valence-electron chi connectivity index (χ0n) is 12.1. The molecule has 0 amide bonds. The van der Waals surface area contributed by atoms with Crippen LogP contribution < -0.4 is 5.32 Å². The summed E-state index contributed by atoms with van der Waals surface area (Å²) in [5, 5.41) is 14.1. The van der Waals surface area contributed by atoms with E-state index in [0.717, 1.165) is 22.4 Å². The number of anilines is 1. The maximum Gasteiger partial charge on any atom is 0.271 e. The Kier molecular flexibility index (Phi) is 4.90. The molecule has 0 fully saturated rings. The molecule has 5 heteroatoms. The van der Waals surface area contributed by atoms with Crippen LogP contribution in [0.3, 0.4) is 0 Å². The Bertz CT molecular complexity index is 641. The van der Waals surface area contributed by atoms with E-state index < -0.39 is 0 Å². The summed E-state index contributed by atoms with van der Waals surface area (Å²) in [5.41, 5.74) is 4.07. The predicted octanol–water partition coefficient (Wildman–Crippen LogP) is 3.66. The van der Waals surface area contributed by atoms with Crippen molar-refractivity contribution in [3.05, 3.63) is 69.3 Å². The molecular weight excluding hydrogens is 268 g/mol. The van der Waals surface area contributed by atoms with Crippen molar-refractivity contribution in [3.8, 4) is 0 Å². The fraction of sp³-hybridized carbons (Fsp3) is 0.250. The number of nitro benzene ring substituents is 1. The molecule has 0 bridgehead atoms. The first kappa shape index (κ1) is 15.0. The number of hydrogen-bond donors (Lipinski definition) is 1. The van der Waals surface area contributed by atoms with Crippen LogP contribution >= 0.6 is 0 Å². The molecule has 1 N–H and O–H groups in total. The van der Waals surface area contributed by atoms with Crippen LogP contribution in [0.5, 0.6) is 0 Å². The van der Waals surface area contributed by atoms with Crippen molar-refractivity contribution in [3.63, 3.8) is 0 Å².